The Hall–Kier alpha value is -1.62. The SMILES string of the molecule is CCC1Oc2cc(OC)c(OC)c(OC)c2C1N. The normalized spacial score (nSPS) is 21.2. The van der Waals surface area contributed by atoms with Crippen molar-refractivity contribution < 1.29 is 18.9 Å². The lowest BCUT2D eigenvalue weighted by atomic mass is 10.0. The van der Waals surface area contributed by atoms with Gasteiger partial charge >= 0.3 is 0 Å². The molecule has 1 heterocycles. The van der Waals surface area contributed by atoms with Crippen LogP contribution in [-0.2, 0) is 0 Å². The third-order valence-electron chi connectivity index (χ3n) is 3.25. The van der Waals surface area contributed by atoms with Gasteiger partial charge in [-0.1, -0.05) is 6.92 Å². The molecule has 100 valence electrons. The van der Waals surface area contributed by atoms with Gasteiger partial charge in [-0.3, -0.25) is 0 Å². The molecule has 1 aromatic rings. The fourth-order valence-corrected chi connectivity index (χ4v) is 2.33. The van der Waals surface area contributed by atoms with E-state index in [2.05, 4.69) is 0 Å². The molecule has 0 amide bonds. The summed E-state index contributed by atoms with van der Waals surface area (Å²) in [7, 11) is 4.74. The van der Waals surface area contributed by atoms with Gasteiger partial charge in [0.25, 0.3) is 0 Å². The molecule has 0 fully saturated rings. The molecule has 2 unspecified atom stereocenters. The van der Waals surface area contributed by atoms with Gasteiger partial charge in [0.2, 0.25) is 5.75 Å². The molecule has 2 rings (SSSR count). The van der Waals surface area contributed by atoms with Crippen LogP contribution in [0.1, 0.15) is 24.9 Å². The Morgan fingerprint density at radius 1 is 1.17 bits per heavy atom. The van der Waals surface area contributed by atoms with Crippen molar-refractivity contribution in [1.29, 1.82) is 0 Å². The fourth-order valence-electron chi connectivity index (χ4n) is 2.33. The van der Waals surface area contributed by atoms with Gasteiger partial charge in [-0.2, -0.15) is 0 Å². The van der Waals surface area contributed by atoms with Crippen LogP contribution in [0.25, 0.3) is 0 Å². The second-order valence-corrected chi connectivity index (χ2v) is 4.15. The van der Waals surface area contributed by atoms with Gasteiger partial charge in [0, 0.05) is 6.07 Å². The lowest BCUT2D eigenvalue weighted by Crippen LogP contribution is -2.24. The van der Waals surface area contributed by atoms with Crippen LogP contribution in [0.5, 0.6) is 23.0 Å². The Morgan fingerprint density at radius 3 is 2.33 bits per heavy atom. The van der Waals surface area contributed by atoms with E-state index in [-0.39, 0.29) is 12.1 Å². The van der Waals surface area contributed by atoms with E-state index in [4.69, 9.17) is 24.7 Å². The van der Waals surface area contributed by atoms with Gasteiger partial charge < -0.3 is 24.7 Å². The molecule has 0 radical (unpaired) electrons. The Morgan fingerprint density at radius 2 is 1.83 bits per heavy atom. The average molecular weight is 253 g/mol. The quantitative estimate of drug-likeness (QED) is 0.887. The summed E-state index contributed by atoms with van der Waals surface area (Å²) in [6, 6.07) is 1.59. The molecule has 1 aliphatic heterocycles. The predicted octanol–water partition coefficient (Wildman–Crippen LogP) is 1.88. The molecule has 5 nitrogen and oxygen atoms in total. The van der Waals surface area contributed by atoms with Crippen LogP contribution in [-0.4, -0.2) is 27.4 Å². The summed E-state index contributed by atoms with van der Waals surface area (Å²) in [6.07, 6.45) is 0.801. The highest BCUT2D eigenvalue weighted by Crippen LogP contribution is 2.51. The number of methoxy groups -OCH3 is 3. The molecule has 0 bridgehead atoms. The first-order chi connectivity index (χ1) is 8.67. The first-order valence-corrected chi connectivity index (χ1v) is 5.92. The van der Waals surface area contributed by atoms with Crippen LogP contribution in [0, 0.1) is 0 Å². The van der Waals surface area contributed by atoms with Crippen molar-refractivity contribution in [3.8, 4) is 23.0 Å². The zero-order valence-electron chi connectivity index (χ0n) is 11.1. The van der Waals surface area contributed by atoms with Crippen molar-refractivity contribution in [2.45, 2.75) is 25.5 Å². The minimum absolute atomic E-state index is 0.0364. The van der Waals surface area contributed by atoms with E-state index >= 15 is 0 Å². The Bertz CT molecular complexity index is 447. The summed E-state index contributed by atoms with van der Waals surface area (Å²) in [6.45, 7) is 2.04. The minimum atomic E-state index is -0.209. The van der Waals surface area contributed by atoms with Crippen molar-refractivity contribution in [3.05, 3.63) is 11.6 Å². The Kier molecular flexibility index (Phi) is 3.52. The number of nitrogens with two attached hydrogens (primary N) is 1. The smallest absolute Gasteiger partial charge is 0.203 e. The van der Waals surface area contributed by atoms with Crippen LogP contribution in [0.2, 0.25) is 0 Å². The maximum Gasteiger partial charge on any atom is 0.203 e. The third-order valence-corrected chi connectivity index (χ3v) is 3.25. The molecule has 2 N–H and O–H groups in total. The molecule has 0 spiro atoms. The summed E-state index contributed by atoms with van der Waals surface area (Å²) < 4.78 is 21.9. The van der Waals surface area contributed by atoms with E-state index in [0.29, 0.717) is 23.0 Å². The number of rotatable bonds is 4. The van der Waals surface area contributed by atoms with Crippen molar-refractivity contribution in [2.24, 2.45) is 5.73 Å². The maximum absolute atomic E-state index is 6.19. The van der Waals surface area contributed by atoms with Gasteiger partial charge in [0.05, 0.1) is 32.9 Å². The van der Waals surface area contributed by atoms with Crippen molar-refractivity contribution in [3.63, 3.8) is 0 Å². The summed E-state index contributed by atoms with van der Waals surface area (Å²) in [5.41, 5.74) is 7.04. The molecule has 5 heteroatoms. The number of hydrogen-bond donors (Lipinski definition) is 1. The molecule has 2 atom stereocenters. The Balaban J connectivity index is 2.60. The van der Waals surface area contributed by atoms with Crippen LogP contribution >= 0.6 is 0 Å². The van der Waals surface area contributed by atoms with Crippen LogP contribution < -0.4 is 24.7 Å². The lowest BCUT2D eigenvalue weighted by Gasteiger charge is -2.16. The second-order valence-electron chi connectivity index (χ2n) is 4.15. The van der Waals surface area contributed by atoms with E-state index < -0.39 is 0 Å². The largest absolute Gasteiger partial charge is 0.493 e. The molecular weight excluding hydrogens is 234 g/mol. The fraction of sp³-hybridized carbons (Fsp3) is 0.538. The van der Waals surface area contributed by atoms with E-state index in [1.807, 2.05) is 6.92 Å². The molecular formula is C13H19NO4. The van der Waals surface area contributed by atoms with Gasteiger partial charge in [-0.25, -0.2) is 0 Å². The molecule has 0 aliphatic carbocycles. The van der Waals surface area contributed by atoms with Gasteiger partial charge in [0.15, 0.2) is 11.5 Å². The summed E-state index contributed by atoms with van der Waals surface area (Å²) in [5, 5.41) is 0. The van der Waals surface area contributed by atoms with Crippen LogP contribution in [0.3, 0.4) is 0 Å². The molecule has 1 aromatic carbocycles. The number of hydrogen-bond acceptors (Lipinski definition) is 5. The molecule has 0 saturated heterocycles. The second kappa shape index (κ2) is 4.94. The standard InChI is InChI=1S/C13H19NO4/c1-5-7-11(14)10-8(18-7)6-9(15-2)12(16-3)13(10)17-4/h6-7,11H,5,14H2,1-4H3. The van der Waals surface area contributed by atoms with Gasteiger partial charge in [-0.15, -0.1) is 0 Å². The third kappa shape index (κ3) is 1.75. The highest BCUT2D eigenvalue weighted by atomic mass is 16.5. The molecule has 1 aliphatic rings. The van der Waals surface area contributed by atoms with E-state index in [1.165, 1.54) is 0 Å². The zero-order valence-corrected chi connectivity index (χ0v) is 11.1. The Labute approximate surface area is 107 Å². The highest BCUT2D eigenvalue weighted by Gasteiger charge is 2.36. The van der Waals surface area contributed by atoms with E-state index in [9.17, 15) is 0 Å². The van der Waals surface area contributed by atoms with Crippen molar-refractivity contribution in [2.75, 3.05) is 21.3 Å². The maximum atomic E-state index is 6.19. The summed E-state index contributed by atoms with van der Waals surface area (Å²) in [4.78, 5) is 0. The van der Waals surface area contributed by atoms with Crippen LogP contribution in [0.4, 0.5) is 0 Å². The lowest BCUT2D eigenvalue weighted by molar-refractivity contribution is 0.202. The van der Waals surface area contributed by atoms with E-state index in [1.54, 1.807) is 27.4 Å². The molecule has 0 aromatic heterocycles. The van der Waals surface area contributed by atoms with Crippen LogP contribution in [0.15, 0.2) is 6.07 Å². The van der Waals surface area contributed by atoms with Gasteiger partial charge in [0.1, 0.15) is 11.9 Å². The number of benzene rings is 1. The highest BCUT2D eigenvalue weighted by molar-refractivity contribution is 5.64. The minimum Gasteiger partial charge on any atom is -0.493 e. The zero-order chi connectivity index (χ0) is 13.3. The van der Waals surface area contributed by atoms with Crippen molar-refractivity contribution in [1.82, 2.24) is 0 Å². The summed E-state index contributed by atoms with van der Waals surface area (Å²) >= 11 is 0. The average Bonchev–Trinajstić information content (AvgIpc) is 2.72. The number of fused-ring (bicyclic) bond motifs is 1. The first-order valence-electron chi connectivity index (χ1n) is 5.92. The molecule has 0 saturated carbocycles. The van der Waals surface area contributed by atoms with E-state index in [0.717, 1.165) is 12.0 Å². The van der Waals surface area contributed by atoms with Crippen molar-refractivity contribution >= 4 is 0 Å². The topological polar surface area (TPSA) is 62.9 Å². The number of ether oxygens (including phenoxy) is 4. The predicted molar refractivity (Wildman–Crippen MR) is 67.7 cm³/mol. The monoisotopic (exact) mass is 253 g/mol. The van der Waals surface area contributed by atoms with Gasteiger partial charge in [-0.05, 0) is 6.42 Å². The summed E-state index contributed by atoms with van der Waals surface area (Å²) in [5.74, 6) is 2.44. The molecule has 18 heavy (non-hydrogen) atoms. The first kappa shape index (κ1) is 12.8.